The minimum Gasteiger partial charge on any atom is -0.349 e. The maximum absolute atomic E-state index is 6.47. The van der Waals surface area contributed by atoms with Gasteiger partial charge in [0.2, 0.25) is 5.79 Å². The van der Waals surface area contributed by atoms with Gasteiger partial charge >= 0.3 is 0 Å². The van der Waals surface area contributed by atoms with Crippen molar-refractivity contribution in [2.45, 2.75) is 42.8 Å². The van der Waals surface area contributed by atoms with Crippen LogP contribution in [-0.2, 0) is 15.3 Å². The summed E-state index contributed by atoms with van der Waals surface area (Å²) in [6, 6.07) is 8.50. The molecule has 2 unspecified atom stereocenters. The summed E-state index contributed by atoms with van der Waals surface area (Å²) in [5.74, 6) is -0.242. The van der Waals surface area contributed by atoms with Crippen LogP contribution in [-0.4, -0.2) is 24.9 Å². The van der Waals surface area contributed by atoms with Gasteiger partial charge in [0.05, 0.1) is 5.33 Å². The van der Waals surface area contributed by atoms with Gasteiger partial charge in [-0.1, -0.05) is 53.0 Å². The first kappa shape index (κ1) is 16.3. The lowest BCUT2D eigenvalue weighted by molar-refractivity contribution is -0.196. The van der Waals surface area contributed by atoms with Gasteiger partial charge in [0.15, 0.2) is 0 Å². The minimum absolute atomic E-state index is 0.264. The topological polar surface area (TPSA) is 18.5 Å². The van der Waals surface area contributed by atoms with Crippen molar-refractivity contribution in [1.82, 2.24) is 0 Å². The lowest BCUT2D eigenvalue weighted by atomic mass is 9.83. The Kier molecular flexibility index (Phi) is 5.91. The third-order valence-electron chi connectivity index (χ3n) is 4.30. The minimum atomic E-state index is -0.717. The van der Waals surface area contributed by atoms with E-state index in [1.165, 1.54) is 24.8 Å². The average molecular weight is 362 g/mol. The van der Waals surface area contributed by atoms with Crippen molar-refractivity contribution < 1.29 is 9.47 Å². The van der Waals surface area contributed by atoms with Crippen molar-refractivity contribution in [3.05, 3.63) is 35.4 Å². The van der Waals surface area contributed by atoms with Crippen molar-refractivity contribution in [3.8, 4) is 0 Å². The highest BCUT2D eigenvalue weighted by molar-refractivity contribution is 9.09. The normalized spacial score (nSPS) is 23.8. The summed E-state index contributed by atoms with van der Waals surface area (Å²) >= 11 is 9.94. The fraction of sp³-hybridized carbons (Fsp3) is 0.625. The summed E-state index contributed by atoms with van der Waals surface area (Å²) in [4.78, 5) is 0. The van der Waals surface area contributed by atoms with Crippen LogP contribution in [0.2, 0.25) is 0 Å². The first-order chi connectivity index (χ1) is 9.66. The van der Waals surface area contributed by atoms with Crippen molar-refractivity contribution in [1.29, 1.82) is 0 Å². The van der Waals surface area contributed by atoms with E-state index < -0.39 is 5.79 Å². The SMILES string of the molecule is COC(CBr)(OC)c1ccc(C2CCCCC2Cl)cc1. The van der Waals surface area contributed by atoms with E-state index in [2.05, 4.69) is 40.2 Å². The Morgan fingerprint density at radius 1 is 1.15 bits per heavy atom. The lowest BCUT2D eigenvalue weighted by Crippen LogP contribution is -2.32. The van der Waals surface area contributed by atoms with Gasteiger partial charge in [-0.3, -0.25) is 0 Å². The lowest BCUT2D eigenvalue weighted by Gasteiger charge is -2.31. The van der Waals surface area contributed by atoms with Crippen LogP contribution in [0.15, 0.2) is 24.3 Å². The van der Waals surface area contributed by atoms with E-state index in [0.717, 1.165) is 12.0 Å². The molecule has 0 bridgehead atoms. The Morgan fingerprint density at radius 2 is 1.75 bits per heavy atom. The Morgan fingerprint density at radius 3 is 2.25 bits per heavy atom. The number of alkyl halides is 2. The Hall–Kier alpha value is -0.0900. The van der Waals surface area contributed by atoms with Crippen LogP contribution < -0.4 is 0 Å². The molecule has 0 aliphatic heterocycles. The molecule has 0 N–H and O–H groups in total. The molecule has 1 aromatic rings. The molecule has 20 heavy (non-hydrogen) atoms. The van der Waals surface area contributed by atoms with Crippen molar-refractivity contribution in [2.75, 3.05) is 19.5 Å². The molecular formula is C16H22BrClO2. The highest BCUT2D eigenvalue weighted by Gasteiger charge is 2.31. The van der Waals surface area contributed by atoms with E-state index in [1.54, 1.807) is 14.2 Å². The molecule has 4 heteroatoms. The number of methoxy groups -OCH3 is 2. The molecule has 0 amide bonds. The fourth-order valence-electron chi connectivity index (χ4n) is 2.95. The summed E-state index contributed by atoms with van der Waals surface area (Å²) in [6.45, 7) is 0. The van der Waals surface area contributed by atoms with Crippen molar-refractivity contribution in [3.63, 3.8) is 0 Å². The largest absolute Gasteiger partial charge is 0.349 e. The molecule has 1 saturated carbocycles. The van der Waals surface area contributed by atoms with Gasteiger partial charge in [0.1, 0.15) is 0 Å². The summed E-state index contributed by atoms with van der Waals surface area (Å²) in [6.07, 6.45) is 4.83. The number of hydrogen-bond acceptors (Lipinski definition) is 2. The summed E-state index contributed by atoms with van der Waals surface area (Å²) < 4.78 is 11.1. The van der Waals surface area contributed by atoms with Gasteiger partial charge in [-0.25, -0.2) is 0 Å². The van der Waals surface area contributed by atoms with Crippen LogP contribution in [0.1, 0.15) is 42.7 Å². The Bertz CT molecular complexity index is 409. The van der Waals surface area contributed by atoms with Gasteiger partial charge in [-0.05, 0) is 18.4 Å². The van der Waals surface area contributed by atoms with E-state index in [9.17, 15) is 0 Å². The van der Waals surface area contributed by atoms with Crippen LogP contribution in [0.5, 0.6) is 0 Å². The predicted molar refractivity (Wildman–Crippen MR) is 86.8 cm³/mol. The third kappa shape index (κ3) is 3.22. The monoisotopic (exact) mass is 360 g/mol. The van der Waals surface area contributed by atoms with E-state index in [1.807, 2.05) is 0 Å². The van der Waals surface area contributed by atoms with Crippen LogP contribution in [0.4, 0.5) is 0 Å². The van der Waals surface area contributed by atoms with E-state index >= 15 is 0 Å². The molecule has 112 valence electrons. The van der Waals surface area contributed by atoms with Gasteiger partial charge in [0, 0.05) is 31.1 Å². The Balaban J connectivity index is 2.21. The molecule has 2 atom stereocenters. The third-order valence-corrected chi connectivity index (χ3v) is 5.56. The standard InChI is InChI=1S/C16H22BrClO2/c1-19-16(11-17,20-2)13-9-7-12(8-10-13)14-5-3-4-6-15(14)18/h7-10,14-15H,3-6,11H2,1-2H3. The quantitative estimate of drug-likeness (QED) is 0.554. The highest BCUT2D eigenvalue weighted by Crippen LogP contribution is 2.37. The zero-order chi connectivity index (χ0) is 14.6. The molecule has 0 saturated heterocycles. The number of halogens is 2. The fourth-order valence-corrected chi connectivity index (χ4v) is 4.16. The van der Waals surface area contributed by atoms with Gasteiger partial charge in [-0.2, -0.15) is 0 Å². The molecule has 1 aliphatic rings. The molecule has 1 fully saturated rings. The number of hydrogen-bond donors (Lipinski definition) is 0. The first-order valence-electron chi connectivity index (χ1n) is 7.07. The second-order valence-electron chi connectivity index (χ2n) is 5.32. The molecule has 1 aromatic carbocycles. The van der Waals surface area contributed by atoms with Crippen molar-refractivity contribution >= 4 is 27.5 Å². The van der Waals surface area contributed by atoms with Crippen LogP contribution in [0.3, 0.4) is 0 Å². The van der Waals surface area contributed by atoms with Gasteiger partial charge in [-0.15, -0.1) is 11.6 Å². The summed E-state index contributed by atoms with van der Waals surface area (Å²) in [7, 11) is 3.32. The van der Waals surface area contributed by atoms with Crippen LogP contribution >= 0.6 is 27.5 Å². The number of ether oxygens (including phenoxy) is 2. The maximum atomic E-state index is 6.47. The van der Waals surface area contributed by atoms with E-state index in [4.69, 9.17) is 21.1 Å². The molecule has 0 radical (unpaired) electrons. The van der Waals surface area contributed by atoms with E-state index in [-0.39, 0.29) is 5.38 Å². The van der Waals surface area contributed by atoms with Gasteiger partial charge < -0.3 is 9.47 Å². The second-order valence-corrected chi connectivity index (χ2v) is 6.45. The maximum Gasteiger partial charge on any atom is 0.204 e. The molecule has 2 nitrogen and oxygen atoms in total. The predicted octanol–water partition coefficient (Wildman–Crippen LogP) is 4.79. The summed E-state index contributed by atoms with van der Waals surface area (Å²) in [5, 5.41) is 0.855. The van der Waals surface area contributed by atoms with Crippen LogP contribution in [0.25, 0.3) is 0 Å². The highest BCUT2D eigenvalue weighted by atomic mass is 79.9. The number of rotatable bonds is 5. The first-order valence-corrected chi connectivity index (χ1v) is 8.63. The van der Waals surface area contributed by atoms with Gasteiger partial charge in [0.25, 0.3) is 0 Å². The van der Waals surface area contributed by atoms with E-state index in [0.29, 0.717) is 11.2 Å². The molecule has 0 heterocycles. The summed E-state index contributed by atoms with van der Waals surface area (Å²) in [5.41, 5.74) is 2.34. The molecule has 2 rings (SSSR count). The Labute approximate surface area is 134 Å². The molecular weight excluding hydrogens is 340 g/mol. The average Bonchev–Trinajstić information content (AvgIpc) is 2.51. The molecule has 1 aliphatic carbocycles. The number of benzene rings is 1. The van der Waals surface area contributed by atoms with Crippen LogP contribution in [0, 0.1) is 0 Å². The molecule has 0 aromatic heterocycles. The zero-order valence-corrected chi connectivity index (χ0v) is 14.4. The second kappa shape index (κ2) is 7.26. The smallest absolute Gasteiger partial charge is 0.204 e. The molecule has 0 spiro atoms. The van der Waals surface area contributed by atoms with Crippen molar-refractivity contribution in [2.24, 2.45) is 0 Å². The zero-order valence-electron chi connectivity index (χ0n) is 12.1.